The van der Waals surface area contributed by atoms with Crippen molar-refractivity contribution in [2.45, 2.75) is 37.6 Å². The van der Waals surface area contributed by atoms with Gasteiger partial charge in [0.15, 0.2) is 0 Å². The van der Waals surface area contributed by atoms with Crippen LogP contribution in [0.5, 0.6) is 0 Å². The summed E-state index contributed by atoms with van der Waals surface area (Å²) < 4.78 is 1.80. The molecule has 7 heteroatoms. The van der Waals surface area contributed by atoms with Crippen LogP contribution in [0.4, 0.5) is 10.6 Å². The zero-order valence-electron chi connectivity index (χ0n) is 14.4. The average molecular weight is 350 g/mol. The molecule has 2 saturated heterocycles. The van der Waals surface area contributed by atoms with Gasteiger partial charge in [-0.2, -0.15) is 16.9 Å². The maximum atomic E-state index is 12.6. The molecular weight excluding hydrogens is 322 g/mol. The molecule has 4 rings (SSSR count). The molecule has 1 aromatic rings. The summed E-state index contributed by atoms with van der Waals surface area (Å²) in [7, 11) is 1.90. The van der Waals surface area contributed by atoms with Crippen LogP contribution >= 0.6 is 11.8 Å². The molecular formula is C17H27N5OS. The third-order valence-corrected chi connectivity index (χ3v) is 6.39. The number of rotatable bonds is 3. The molecule has 0 radical (unpaired) electrons. The van der Waals surface area contributed by atoms with E-state index in [1.165, 1.54) is 37.4 Å². The van der Waals surface area contributed by atoms with Gasteiger partial charge in [0.1, 0.15) is 5.82 Å². The highest BCUT2D eigenvalue weighted by atomic mass is 32.2. The normalized spacial score (nSPS) is 23.5. The van der Waals surface area contributed by atoms with Crippen LogP contribution in [-0.2, 0) is 7.05 Å². The van der Waals surface area contributed by atoms with E-state index < -0.39 is 0 Å². The monoisotopic (exact) mass is 349 g/mol. The highest BCUT2D eigenvalue weighted by Gasteiger charge is 2.29. The van der Waals surface area contributed by atoms with E-state index in [0.717, 1.165) is 37.4 Å². The first-order chi connectivity index (χ1) is 11.7. The van der Waals surface area contributed by atoms with Crippen LogP contribution in [0.1, 0.15) is 37.3 Å². The summed E-state index contributed by atoms with van der Waals surface area (Å²) >= 11 is 2.05. The Kier molecular flexibility index (Phi) is 4.72. The van der Waals surface area contributed by atoms with Gasteiger partial charge in [0, 0.05) is 62.8 Å². The number of hydrogen-bond donors (Lipinski definition) is 1. The number of urea groups is 1. The first-order valence-electron chi connectivity index (χ1n) is 9.12. The summed E-state index contributed by atoms with van der Waals surface area (Å²) in [4.78, 5) is 17.1. The fourth-order valence-electron chi connectivity index (χ4n) is 3.75. The van der Waals surface area contributed by atoms with Crippen LogP contribution in [0.3, 0.4) is 0 Å². The van der Waals surface area contributed by atoms with Crippen molar-refractivity contribution >= 4 is 23.6 Å². The van der Waals surface area contributed by atoms with E-state index in [4.69, 9.17) is 0 Å². The van der Waals surface area contributed by atoms with Gasteiger partial charge in [0.2, 0.25) is 0 Å². The SMILES string of the molecule is Cn1nc(C2CC2)cc1NC(=O)N1CCC(N2CCSCC2)CC1. The second-order valence-corrected chi connectivity index (χ2v) is 8.37. The second kappa shape index (κ2) is 6.96. The van der Waals surface area contributed by atoms with Crippen LogP contribution in [0, 0.1) is 0 Å². The van der Waals surface area contributed by atoms with Gasteiger partial charge < -0.3 is 4.90 Å². The zero-order valence-corrected chi connectivity index (χ0v) is 15.2. The molecule has 6 nitrogen and oxygen atoms in total. The van der Waals surface area contributed by atoms with E-state index in [1.54, 1.807) is 4.68 Å². The van der Waals surface area contributed by atoms with Gasteiger partial charge >= 0.3 is 6.03 Å². The van der Waals surface area contributed by atoms with E-state index in [1.807, 2.05) is 18.0 Å². The summed E-state index contributed by atoms with van der Waals surface area (Å²) in [6, 6.07) is 2.72. The molecule has 0 unspecified atom stereocenters. The minimum absolute atomic E-state index is 0.0213. The number of carbonyl (C=O) groups excluding carboxylic acids is 1. The Hall–Kier alpha value is -1.21. The van der Waals surface area contributed by atoms with Crippen LogP contribution in [-0.4, -0.2) is 69.3 Å². The molecule has 0 spiro atoms. The first-order valence-corrected chi connectivity index (χ1v) is 10.3. The number of aromatic nitrogens is 2. The average Bonchev–Trinajstić information content (AvgIpc) is 3.41. The predicted octanol–water partition coefficient (Wildman–Crippen LogP) is 2.34. The summed E-state index contributed by atoms with van der Waals surface area (Å²) in [5.74, 6) is 3.94. The van der Waals surface area contributed by atoms with Gasteiger partial charge in [-0.1, -0.05) is 0 Å². The standard InChI is InChI=1S/C17H27N5OS/c1-20-16(12-15(19-20)13-2-3-13)18-17(23)22-6-4-14(5-7-22)21-8-10-24-11-9-21/h12-14H,2-11H2,1H3,(H,18,23). The van der Waals surface area contributed by atoms with Crippen molar-refractivity contribution in [2.75, 3.05) is 43.0 Å². The third-order valence-electron chi connectivity index (χ3n) is 5.44. The lowest BCUT2D eigenvalue weighted by Crippen LogP contribution is -2.49. The van der Waals surface area contributed by atoms with Crippen molar-refractivity contribution in [3.63, 3.8) is 0 Å². The van der Waals surface area contributed by atoms with Crippen molar-refractivity contribution < 1.29 is 4.79 Å². The summed E-state index contributed by atoms with van der Waals surface area (Å²) in [5, 5.41) is 7.57. The molecule has 2 amide bonds. The van der Waals surface area contributed by atoms with E-state index in [2.05, 4.69) is 27.1 Å². The Morgan fingerprint density at radius 2 is 1.88 bits per heavy atom. The number of anilines is 1. The minimum atomic E-state index is 0.0213. The molecule has 3 fully saturated rings. The number of thioether (sulfide) groups is 1. The van der Waals surface area contributed by atoms with Crippen LogP contribution in [0.25, 0.3) is 0 Å². The van der Waals surface area contributed by atoms with E-state index in [0.29, 0.717) is 12.0 Å². The smallest absolute Gasteiger partial charge is 0.323 e. The molecule has 1 saturated carbocycles. The Labute approximate surface area is 147 Å². The lowest BCUT2D eigenvalue weighted by atomic mass is 10.0. The quantitative estimate of drug-likeness (QED) is 0.910. The largest absolute Gasteiger partial charge is 0.324 e. The van der Waals surface area contributed by atoms with Crippen molar-refractivity contribution in [1.82, 2.24) is 19.6 Å². The van der Waals surface area contributed by atoms with Crippen molar-refractivity contribution in [3.05, 3.63) is 11.8 Å². The topological polar surface area (TPSA) is 53.4 Å². The van der Waals surface area contributed by atoms with Gasteiger partial charge in [0.05, 0.1) is 5.69 Å². The number of likely N-dealkylation sites (tertiary alicyclic amines) is 1. The summed E-state index contributed by atoms with van der Waals surface area (Å²) in [6.45, 7) is 4.13. The van der Waals surface area contributed by atoms with Gasteiger partial charge in [-0.3, -0.25) is 14.9 Å². The molecule has 3 aliphatic rings. The molecule has 132 valence electrons. The maximum absolute atomic E-state index is 12.6. The van der Waals surface area contributed by atoms with E-state index in [-0.39, 0.29) is 6.03 Å². The van der Waals surface area contributed by atoms with Gasteiger partial charge in [-0.15, -0.1) is 0 Å². The van der Waals surface area contributed by atoms with Crippen molar-refractivity contribution in [2.24, 2.45) is 7.05 Å². The number of nitrogens with one attached hydrogen (secondary N) is 1. The highest BCUT2D eigenvalue weighted by molar-refractivity contribution is 7.99. The number of amides is 2. The molecule has 0 bridgehead atoms. The zero-order chi connectivity index (χ0) is 16.5. The van der Waals surface area contributed by atoms with Crippen molar-refractivity contribution in [3.8, 4) is 0 Å². The molecule has 0 aromatic carbocycles. The summed E-state index contributed by atoms with van der Waals surface area (Å²) in [6.07, 6.45) is 4.65. The molecule has 2 aliphatic heterocycles. The number of carbonyl (C=O) groups is 1. The Morgan fingerprint density at radius 1 is 1.17 bits per heavy atom. The lowest BCUT2D eigenvalue weighted by molar-refractivity contribution is 0.129. The van der Waals surface area contributed by atoms with Crippen LogP contribution in [0.15, 0.2) is 6.07 Å². The number of piperidine rings is 1. The minimum Gasteiger partial charge on any atom is -0.324 e. The van der Waals surface area contributed by atoms with E-state index >= 15 is 0 Å². The number of hydrogen-bond acceptors (Lipinski definition) is 4. The fraction of sp³-hybridized carbons (Fsp3) is 0.765. The molecule has 24 heavy (non-hydrogen) atoms. The molecule has 3 heterocycles. The predicted molar refractivity (Wildman–Crippen MR) is 97.7 cm³/mol. The Balaban J connectivity index is 1.29. The Bertz CT molecular complexity index is 586. The lowest BCUT2D eigenvalue weighted by Gasteiger charge is -2.39. The highest BCUT2D eigenvalue weighted by Crippen LogP contribution is 2.39. The van der Waals surface area contributed by atoms with Gasteiger partial charge in [-0.05, 0) is 25.7 Å². The Morgan fingerprint density at radius 3 is 2.54 bits per heavy atom. The van der Waals surface area contributed by atoms with Crippen LogP contribution < -0.4 is 5.32 Å². The van der Waals surface area contributed by atoms with Gasteiger partial charge in [0.25, 0.3) is 0 Å². The molecule has 0 atom stereocenters. The molecule has 1 aliphatic carbocycles. The third kappa shape index (κ3) is 3.57. The number of nitrogens with zero attached hydrogens (tertiary/aromatic N) is 4. The second-order valence-electron chi connectivity index (χ2n) is 7.15. The molecule has 1 N–H and O–H groups in total. The number of aryl methyl sites for hydroxylation is 1. The first kappa shape index (κ1) is 16.3. The molecule has 1 aromatic heterocycles. The van der Waals surface area contributed by atoms with Gasteiger partial charge in [-0.25, -0.2) is 4.79 Å². The summed E-state index contributed by atoms with van der Waals surface area (Å²) in [5.41, 5.74) is 1.12. The van der Waals surface area contributed by atoms with Crippen LogP contribution in [0.2, 0.25) is 0 Å². The maximum Gasteiger partial charge on any atom is 0.323 e. The fourth-order valence-corrected chi connectivity index (χ4v) is 4.68. The van der Waals surface area contributed by atoms with E-state index in [9.17, 15) is 4.79 Å². The van der Waals surface area contributed by atoms with Crippen molar-refractivity contribution in [1.29, 1.82) is 0 Å².